The van der Waals surface area contributed by atoms with E-state index in [9.17, 15) is 19.5 Å². The van der Waals surface area contributed by atoms with E-state index < -0.39 is 48.6 Å². The lowest BCUT2D eigenvalue weighted by atomic mass is 9.98. The van der Waals surface area contributed by atoms with Crippen molar-refractivity contribution in [3.63, 3.8) is 0 Å². The van der Waals surface area contributed by atoms with Crippen LogP contribution in [0.2, 0.25) is 0 Å². The highest BCUT2D eigenvalue weighted by atomic mass is 127. The Morgan fingerprint density at radius 3 is 1.39 bits per heavy atom. The van der Waals surface area contributed by atoms with Crippen molar-refractivity contribution in [2.75, 3.05) is 4.43 Å². The number of hydrogen-bond donors (Lipinski definition) is 1. The summed E-state index contributed by atoms with van der Waals surface area (Å²) < 4.78 is 23.0. The molecule has 186 valence electrons. The molecular formula is C27H23IO8. The van der Waals surface area contributed by atoms with Crippen LogP contribution in [0.4, 0.5) is 0 Å². The monoisotopic (exact) mass is 602 g/mol. The van der Waals surface area contributed by atoms with E-state index in [0.29, 0.717) is 4.43 Å². The largest absolute Gasteiger partial charge is 0.452 e. The van der Waals surface area contributed by atoms with Crippen molar-refractivity contribution >= 4 is 40.5 Å². The lowest BCUT2D eigenvalue weighted by Crippen LogP contribution is -2.62. The Hall–Kier alpha value is -3.28. The van der Waals surface area contributed by atoms with Crippen LogP contribution in [0.1, 0.15) is 31.1 Å². The van der Waals surface area contributed by atoms with Crippen molar-refractivity contribution in [1.29, 1.82) is 0 Å². The van der Waals surface area contributed by atoms with E-state index in [1.807, 2.05) is 22.6 Å². The van der Waals surface area contributed by atoms with Crippen LogP contribution in [0.25, 0.3) is 0 Å². The number of aliphatic hydroxyl groups is 1. The first-order chi connectivity index (χ1) is 17.5. The van der Waals surface area contributed by atoms with Crippen molar-refractivity contribution in [3.8, 4) is 0 Å². The number of esters is 3. The minimum atomic E-state index is -1.63. The third-order valence-corrected chi connectivity index (χ3v) is 6.39. The quantitative estimate of drug-likeness (QED) is 0.188. The first-order valence-corrected chi connectivity index (χ1v) is 12.7. The standard InChI is InChI=1S/C27H23IO8/c28-16-20-21(34-24(29)17-10-4-1-5-11-17)22(35-25(30)18-12-6-2-7-13-18)23(27(32)33-20)36-26(31)19-14-8-3-9-15-19/h1-15,20-23,27,32H,16H2/t20-,21+,22+,23+,27+/m0/s1. The van der Waals surface area contributed by atoms with Gasteiger partial charge in [0.1, 0.15) is 6.10 Å². The number of benzene rings is 3. The maximum Gasteiger partial charge on any atom is 0.338 e. The van der Waals surface area contributed by atoms with Gasteiger partial charge in [0.15, 0.2) is 24.6 Å². The average molecular weight is 602 g/mol. The molecule has 1 fully saturated rings. The Bertz CT molecular complexity index is 1170. The van der Waals surface area contributed by atoms with Crippen LogP contribution in [0.15, 0.2) is 91.0 Å². The van der Waals surface area contributed by atoms with Gasteiger partial charge in [-0.3, -0.25) is 0 Å². The number of aliphatic hydroxyl groups excluding tert-OH is 1. The van der Waals surface area contributed by atoms with Gasteiger partial charge in [-0.2, -0.15) is 0 Å². The van der Waals surface area contributed by atoms with Gasteiger partial charge in [-0.05, 0) is 36.4 Å². The van der Waals surface area contributed by atoms with Crippen molar-refractivity contribution < 1.29 is 38.4 Å². The second-order valence-electron chi connectivity index (χ2n) is 7.93. The van der Waals surface area contributed by atoms with Crippen LogP contribution in [-0.4, -0.2) is 58.1 Å². The van der Waals surface area contributed by atoms with E-state index in [0.717, 1.165) is 0 Å². The molecule has 3 aromatic rings. The molecule has 1 N–H and O–H groups in total. The zero-order valence-electron chi connectivity index (χ0n) is 18.9. The van der Waals surface area contributed by atoms with E-state index in [1.165, 1.54) is 0 Å². The topological polar surface area (TPSA) is 108 Å². The molecule has 5 atom stereocenters. The van der Waals surface area contributed by atoms with Gasteiger partial charge in [-0.1, -0.05) is 77.2 Å². The summed E-state index contributed by atoms with van der Waals surface area (Å²) in [7, 11) is 0. The fourth-order valence-electron chi connectivity index (χ4n) is 3.72. The maximum atomic E-state index is 13.0. The summed E-state index contributed by atoms with van der Waals surface area (Å²) in [6.07, 6.45) is -6.44. The molecule has 4 rings (SSSR count). The SMILES string of the molecule is O=C(O[C@H]1[C@@H](OC(=O)c2ccccc2)[C@H](O)O[C@@H](CI)[C@H]1OC(=O)c1ccccc1)c1ccccc1. The normalized spacial score (nSPS) is 23.3. The summed E-state index contributed by atoms with van der Waals surface area (Å²) in [6.45, 7) is 0. The van der Waals surface area contributed by atoms with Crippen molar-refractivity contribution in [3.05, 3.63) is 108 Å². The van der Waals surface area contributed by atoms with Gasteiger partial charge < -0.3 is 24.1 Å². The predicted molar refractivity (Wildman–Crippen MR) is 137 cm³/mol. The number of hydrogen-bond acceptors (Lipinski definition) is 8. The summed E-state index contributed by atoms with van der Waals surface area (Å²) in [5.74, 6) is -2.17. The van der Waals surface area contributed by atoms with Gasteiger partial charge >= 0.3 is 17.9 Å². The molecular weight excluding hydrogens is 579 g/mol. The summed E-state index contributed by atoms with van der Waals surface area (Å²) >= 11 is 2.01. The van der Waals surface area contributed by atoms with Crippen LogP contribution in [0.5, 0.6) is 0 Å². The van der Waals surface area contributed by atoms with Gasteiger partial charge in [-0.15, -0.1) is 0 Å². The Morgan fingerprint density at radius 2 is 1.00 bits per heavy atom. The Balaban J connectivity index is 1.66. The molecule has 1 aliphatic rings. The van der Waals surface area contributed by atoms with Gasteiger partial charge in [0.05, 0.1) is 16.7 Å². The fourth-order valence-corrected chi connectivity index (χ4v) is 4.43. The zero-order valence-corrected chi connectivity index (χ0v) is 21.1. The number of carbonyl (C=O) groups excluding carboxylic acids is 3. The third-order valence-electron chi connectivity index (χ3n) is 5.52. The molecule has 0 bridgehead atoms. The van der Waals surface area contributed by atoms with Crippen molar-refractivity contribution in [1.82, 2.24) is 0 Å². The highest BCUT2D eigenvalue weighted by Gasteiger charge is 2.51. The minimum absolute atomic E-state index is 0.228. The Kier molecular flexibility index (Phi) is 8.68. The summed E-state index contributed by atoms with van der Waals surface area (Å²) in [5, 5.41) is 10.8. The number of rotatable bonds is 7. The molecule has 0 saturated carbocycles. The molecule has 1 saturated heterocycles. The molecule has 1 aliphatic heterocycles. The molecule has 0 amide bonds. The van der Waals surface area contributed by atoms with Crippen LogP contribution in [0.3, 0.4) is 0 Å². The highest BCUT2D eigenvalue weighted by molar-refractivity contribution is 14.1. The number of carbonyl (C=O) groups is 3. The molecule has 8 nitrogen and oxygen atoms in total. The minimum Gasteiger partial charge on any atom is -0.452 e. The van der Waals surface area contributed by atoms with Crippen LogP contribution in [0, 0.1) is 0 Å². The molecule has 0 unspecified atom stereocenters. The Morgan fingerprint density at radius 1 is 0.639 bits per heavy atom. The smallest absolute Gasteiger partial charge is 0.338 e. The van der Waals surface area contributed by atoms with E-state index >= 15 is 0 Å². The second kappa shape index (κ2) is 12.1. The third kappa shape index (κ3) is 6.10. The number of alkyl halides is 1. The number of halogens is 1. The molecule has 0 spiro atoms. The summed E-state index contributed by atoms with van der Waals surface area (Å²) in [4.78, 5) is 38.7. The molecule has 9 heteroatoms. The van der Waals surface area contributed by atoms with E-state index in [1.54, 1.807) is 91.0 Å². The molecule has 0 aromatic heterocycles. The predicted octanol–water partition coefficient (Wildman–Crippen LogP) is 3.82. The second-order valence-corrected chi connectivity index (χ2v) is 8.81. The van der Waals surface area contributed by atoms with Crippen LogP contribution in [-0.2, 0) is 18.9 Å². The first kappa shape index (κ1) is 25.8. The zero-order chi connectivity index (χ0) is 25.5. The van der Waals surface area contributed by atoms with E-state index in [2.05, 4.69) is 0 Å². The molecule has 36 heavy (non-hydrogen) atoms. The van der Waals surface area contributed by atoms with Crippen LogP contribution < -0.4 is 0 Å². The van der Waals surface area contributed by atoms with E-state index in [-0.39, 0.29) is 16.7 Å². The fraction of sp³-hybridized carbons (Fsp3) is 0.222. The average Bonchev–Trinajstić information content (AvgIpc) is 2.93. The lowest BCUT2D eigenvalue weighted by Gasteiger charge is -2.42. The van der Waals surface area contributed by atoms with Crippen LogP contribution >= 0.6 is 22.6 Å². The molecule has 0 aliphatic carbocycles. The summed E-state index contributed by atoms with van der Waals surface area (Å²) in [5.41, 5.74) is 0.749. The van der Waals surface area contributed by atoms with Gasteiger partial charge in [-0.25, -0.2) is 14.4 Å². The highest BCUT2D eigenvalue weighted by Crippen LogP contribution is 2.30. The molecule has 3 aromatic carbocycles. The molecule has 0 radical (unpaired) electrons. The first-order valence-electron chi connectivity index (χ1n) is 11.2. The van der Waals surface area contributed by atoms with Gasteiger partial charge in [0, 0.05) is 4.43 Å². The van der Waals surface area contributed by atoms with Gasteiger partial charge in [0.25, 0.3) is 0 Å². The number of ether oxygens (including phenoxy) is 4. The van der Waals surface area contributed by atoms with Gasteiger partial charge in [0.2, 0.25) is 0 Å². The van der Waals surface area contributed by atoms with E-state index in [4.69, 9.17) is 18.9 Å². The Labute approximate surface area is 221 Å². The lowest BCUT2D eigenvalue weighted by molar-refractivity contribution is -0.274. The maximum absolute atomic E-state index is 13.0. The van der Waals surface area contributed by atoms with Crippen molar-refractivity contribution in [2.24, 2.45) is 0 Å². The summed E-state index contributed by atoms with van der Waals surface area (Å²) in [6, 6.07) is 24.6. The molecule has 1 heterocycles. The van der Waals surface area contributed by atoms with Crippen molar-refractivity contribution in [2.45, 2.75) is 30.7 Å².